The maximum absolute atomic E-state index is 12.0. The van der Waals surface area contributed by atoms with Gasteiger partial charge in [-0.25, -0.2) is 4.79 Å². The summed E-state index contributed by atoms with van der Waals surface area (Å²) in [5.74, 6) is 0.604. The zero-order valence-corrected chi connectivity index (χ0v) is 13.0. The van der Waals surface area contributed by atoms with Crippen LogP contribution in [0.3, 0.4) is 0 Å². The number of carbonyl (C=O) groups excluding carboxylic acids is 1. The molecule has 5 heteroatoms. The van der Waals surface area contributed by atoms with E-state index in [1.54, 1.807) is 0 Å². The van der Waals surface area contributed by atoms with Gasteiger partial charge in [0.1, 0.15) is 0 Å². The van der Waals surface area contributed by atoms with Gasteiger partial charge in [0, 0.05) is 6.54 Å². The number of rotatable bonds is 6. The van der Waals surface area contributed by atoms with Crippen LogP contribution in [0.2, 0.25) is 0 Å². The van der Waals surface area contributed by atoms with Crippen LogP contribution in [0, 0.1) is 11.8 Å². The molecule has 2 aliphatic carbocycles. The third-order valence-electron chi connectivity index (χ3n) is 5.27. The predicted octanol–water partition coefficient (Wildman–Crippen LogP) is 2.90. The highest BCUT2D eigenvalue weighted by molar-refractivity contribution is 5.77. The zero-order valence-electron chi connectivity index (χ0n) is 13.0. The van der Waals surface area contributed by atoms with Gasteiger partial charge in [-0.05, 0) is 43.9 Å². The van der Waals surface area contributed by atoms with Crippen molar-refractivity contribution in [3.63, 3.8) is 0 Å². The maximum Gasteiger partial charge on any atom is 0.315 e. The highest BCUT2D eigenvalue weighted by atomic mass is 16.4. The minimum Gasteiger partial charge on any atom is -0.481 e. The van der Waals surface area contributed by atoms with E-state index in [9.17, 15) is 9.59 Å². The molecule has 0 heterocycles. The second-order valence-electron chi connectivity index (χ2n) is 6.83. The monoisotopic (exact) mass is 296 g/mol. The summed E-state index contributed by atoms with van der Waals surface area (Å²) in [5, 5.41) is 14.8. The third kappa shape index (κ3) is 4.61. The lowest BCUT2D eigenvalue weighted by Gasteiger charge is -2.41. The molecule has 0 saturated heterocycles. The summed E-state index contributed by atoms with van der Waals surface area (Å²) in [6.45, 7) is 2.96. The van der Waals surface area contributed by atoms with E-state index in [1.165, 1.54) is 32.1 Å². The summed E-state index contributed by atoms with van der Waals surface area (Å²) in [6, 6.07) is -0.200. The topological polar surface area (TPSA) is 78.4 Å². The molecule has 0 spiro atoms. The molecule has 2 aliphatic rings. The molecule has 120 valence electrons. The molecule has 2 saturated carbocycles. The normalized spacial score (nSPS) is 27.5. The maximum atomic E-state index is 12.0. The molecule has 0 radical (unpaired) electrons. The van der Waals surface area contributed by atoms with Crippen molar-refractivity contribution in [1.82, 2.24) is 10.6 Å². The van der Waals surface area contributed by atoms with Crippen LogP contribution in [0.5, 0.6) is 0 Å². The number of carboxylic acid groups (broad SMARTS) is 1. The quantitative estimate of drug-likeness (QED) is 0.705. The van der Waals surface area contributed by atoms with E-state index in [4.69, 9.17) is 5.11 Å². The molecule has 0 atom stereocenters. The molecule has 0 aromatic heterocycles. The Morgan fingerprint density at radius 1 is 1.14 bits per heavy atom. The lowest BCUT2D eigenvalue weighted by atomic mass is 9.74. The molecule has 0 aromatic rings. The summed E-state index contributed by atoms with van der Waals surface area (Å²) in [4.78, 5) is 22.9. The van der Waals surface area contributed by atoms with Crippen molar-refractivity contribution >= 4 is 12.0 Å². The number of carbonyl (C=O) groups is 2. The standard InChI is InChI=1S/C16H28N2O3/c1-2-12-4-6-13(7-5-12)11-17-15(21)18-16(8-3-9-16)10-14(19)20/h12-13H,2-11H2,1H3,(H,19,20)(H2,17,18,21). The van der Waals surface area contributed by atoms with E-state index in [2.05, 4.69) is 17.6 Å². The Morgan fingerprint density at radius 2 is 1.76 bits per heavy atom. The number of amides is 2. The van der Waals surface area contributed by atoms with Gasteiger partial charge in [-0.3, -0.25) is 4.79 Å². The van der Waals surface area contributed by atoms with Crippen LogP contribution in [0.4, 0.5) is 4.79 Å². The van der Waals surface area contributed by atoms with Gasteiger partial charge in [0.05, 0.1) is 12.0 Å². The van der Waals surface area contributed by atoms with Crippen molar-refractivity contribution in [2.45, 2.75) is 70.3 Å². The van der Waals surface area contributed by atoms with Crippen LogP contribution in [0.25, 0.3) is 0 Å². The number of carboxylic acids is 1. The highest BCUT2D eigenvalue weighted by Gasteiger charge is 2.40. The molecule has 3 N–H and O–H groups in total. The Bertz CT molecular complexity index is 372. The first-order chi connectivity index (χ1) is 10.0. The molecular formula is C16H28N2O3. The van der Waals surface area contributed by atoms with Gasteiger partial charge in [-0.15, -0.1) is 0 Å². The molecule has 5 nitrogen and oxygen atoms in total. The van der Waals surface area contributed by atoms with Crippen LogP contribution in [0.15, 0.2) is 0 Å². The largest absolute Gasteiger partial charge is 0.481 e. The van der Waals surface area contributed by atoms with Crippen LogP contribution in [-0.4, -0.2) is 29.2 Å². The van der Waals surface area contributed by atoms with Crippen LogP contribution < -0.4 is 10.6 Å². The Balaban J connectivity index is 1.69. The molecule has 21 heavy (non-hydrogen) atoms. The highest BCUT2D eigenvalue weighted by Crippen LogP contribution is 2.35. The van der Waals surface area contributed by atoms with E-state index in [0.29, 0.717) is 12.5 Å². The molecule has 0 aliphatic heterocycles. The van der Waals surface area contributed by atoms with Crippen LogP contribution >= 0.6 is 0 Å². The first-order valence-corrected chi connectivity index (χ1v) is 8.31. The minimum atomic E-state index is -0.840. The summed E-state index contributed by atoms with van der Waals surface area (Å²) in [5.41, 5.74) is -0.504. The van der Waals surface area contributed by atoms with E-state index in [-0.39, 0.29) is 12.5 Å². The van der Waals surface area contributed by atoms with Crippen molar-refractivity contribution in [2.24, 2.45) is 11.8 Å². The molecule has 2 amide bonds. The third-order valence-corrected chi connectivity index (χ3v) is 5.27. The first-order valence-electron chi connectivity index (χ1n) is 8.31. The number of aliphatic carboxylic acids is 1. The van der Waals surface area contributed by atoms with Gasteiger partial charge in [-0.1, -0.05) is 26.2 Å². The van der Waals surface area contributed by atoms with Crippen molar-refractivity contribution < 1.29 is 14.7 Å². The second-order valence-corrected chi connectivity index (χ2v) is 6.83. The van der Waals surface area contributed by atoms with Gasteiger partial charge >= 0.3 is 12.0 Å². The lowest BCUT2D eigenvalue weighted by molar-refractivity contribution is -0.139. The van der Waals surface area contributed by atoms with Gasteiger partial charge in [0.15, 0.2) is 0 Å². The average molecular weight is 296 g/mol. The van der Waals surface area contributed by atoms with Crippen molar-refractivity contribution in [3.8, 4) is 0 Å². The lowest BCUT2D eigenvalue weighted by Crippen LogP contribution is -2.57. The van der Waals surface area contributed by atoms with Crippen LogP contribution in [0.1, 0.15) is 64.7 Å². The predicted molar refractivity (Wildman–Crippen MR) is 81.1 cm³/mol. The number of nitrogens with one attached hydrogen (secondary N) is 2. The Morgan fingerprint density at radius 3 is 2.24 bits per heavy atom. The zero-order chi connectivity index (χ0) is 15.3. The SMILES string of the molecule is CCC1CCC(CNC(=O)NC2(CC(=O)O)CCC2)CC1. The first kappa shape index (κ1) is 16.1. The molecule has 0 unspecified atom stereocenters. The van der Waals surface area contributed by atoms with Gasteiger partial charge < -0.3 is 15.7 Å². The average Bonchev–Trinajstić information content (AvgIpc) is 2.43. The minimum absolute atomic E-state index is 0.0298. The number of hydrogen-bond donors (Lipinski definition) is 3. The molecular weight excluding hydrogens is 268 g/mol. The Kier molecular flexibility index (Phi) is 5.48. The Labute approximate surface area is 126 Å². The summed E-state index contributed by atoms with van der Waals surface area (Å²) < 4.78 is 0. The van der Waals surface area contributed by atoms with Gasteiger partial charge in [-0.2, -0.15) is 0 Å². The van der Waals surface area contributed by atoms with Gasteiger partial charge in [0.25, 0.3) is 0 Å². The van der Waals surface area contributed by atoms with Crippen molar-refractivity contribution in [1.29, 1.82) is 0 Å². The Hall–Kier alpha value is -1.26. The molecule has 2 fully saturated rings. The summed E-state index contributed by atoms with van der Waals surface area (Å²) >= 11 is 0. The van der Waals surface area contributed by atoms with Gasteiger partial charge in [0.2, 0.25) is 0 Å². The second kappa shape index (κ2) is 7.14. The number of hydrogen-bond acceptors (Lipinski definition) is 2. The summed E-state index contributed by atoms with van der Waals surface area (Å²) in [7, 11) is 0. The van der Waals surface area contributed by atoms with E-state index < -0.39 is 11.5 Å². The van der Waals surface area contributed by atoms with Crippen molar-refractivity contribution in [2.75, 3.05) is 6.54 Å². The van der Waals surface area contributed by atoms with E-state index in [1.807, 2.05) is 0 Å². The number of urea groups is 1. The fourth-order valence-electron chi connectivity index (χ4n) is 3.60. The van der Waals surface area contributed by atoms with Crippen LogP contribution in [-0.2, 0) is 4.79 Å². The fourth-order valence-corrected chi connectivity index (χ4v) is 3.60. The smallest absolute Gasteiger partial charge is 0.315 e. The summed E-state index contributed by atoms with van der Waals surface area (Å²) in [6.07, 6.45) is 8.76. The van der Waals surface area contributed by atoms with E-state index >= 15 is 0 Å². The molecule has 2 rings (SSSR count). The van der Waals surface area contributed by atoms with Crippen molar-refractivity contribution in [3.05, 3.63) is 0 Å². The van der Waals surface area contributed by atoms with E-state index in [0.717, 1.165) is 25.2 Å². The molecule has 0 aromatic carbocycles. The molecule has 0 bridgehead atoms. The fraction of sp³-hybridized carbons (Fsp3) is 0.875.